The summed E-state index contributed by atoms with van der Waals surface area (Å²) in [6.07, 6.45) is 1.69. The van der Waals surface area contributed by atoms with Crippen LogP contribution in [0.3, 0.4) is 0 Å². The third-order valence-electron chi connectivity index (χ3n) is 2.54. The molecule has 1 aromatic carbocycles. The molecule has 1 N–H and O–H groups in total. The summed E-state index contributed by atoms with van der Waals surface area (Å²) in [6.45, 7) is 5.86. The topological polar surface area (TPSA) is 37.8 Å². The van der Waals surface area contributed by atoms with Crippen molar-refractivity contribution in [1.29, 1.82) is 0 Å². The molecule has 0 aliphatic carbocycles. The van der Waals surface area contributed by atoms with Crippen LogP contribution in [0.4, 0.5) is 0 Å². The molecule has 88 valence electrons. The minimum Gasteiger partial charge on any atom is -0.307 e. The second-order valence-electron chi connectivity index (χ2n) is 4.31. The highest BCUT2D eigenvalue weighted by molar-refractivity contribution is 5.28. The fraction of sp³-hybridized carbons (Fsp3) is 0.286. The van der Waals surface area contributed by atoms with E-state index in [2.05, 4.69) is 47.6 Å². The van der Waals surface area contributed by atoms with Crippen LogP contribution in [-0.4, -0.2) is 10.2 Å². The zero-order chi connectivity index (χ0) is 12.1. The van der Waals surface area contributed by atoms with Crippen molar-refractivity contribution in [2.24, 2.45) is 0 Å². The summed E-state index contributed by atoms with van der Waals surface area (Å²) in [5.74, 6) is 0. The molecule has 2 rings (SSSR count). The molecule has 1 aromatic heterocycles. The number of hydrogen-bond acceptors (Lipinski definition) is 3. The summed E-state index contributed by atoms with van der Waals surface area (Å²) in [5, 5.41) is 11.3. The molecule has 3 nitrogen and oxygen atoms in total. The van der Waals surface area contributed by atoms with Crippen LogP contribution in [-0.2, 0) is 13.1 Å². The summed E-state index contributed by atoms with van der Waals surface area (Å²) >= 11 is 0. The molecular weight excluding hydrogens is 210 g/mol. The van der Waals surface area contributed by atoms with Crippen molar-refractivity contribution in [3.63, 3.8) is 0 Å². The number of rotatable bonds is 4. The summed E-state index contributed by atoms with van der Waals surface area (Å²) in [6, 6.07) is 10.5. The minimum atomic E-state index is 0.751. The van der Waals surface area contributed by atoms with Crippen LogP contribution >= 0.6 is 0 Å². The third kappa shape index (κ3) is 3.64. The van der Waals surface area contributed by atoms with Crippen LogP contribution in [0.5, 0.6) is 0 Å². The first-order valence-electron chi connectivity index (χ1n) is 5.78. The Morgan fingerprint density at radius 2 is 1.82 bits per heavy atom. The van der Waals surface area contributed by atoms with Crippen molar-refractivity contribution in [3.05, 3.63) is 58.9 Å². The van der Waals surface area contributed by atoms with Crippen LogP contribution in [0.1, 0.15) is 22.4 Å². The molecule has 0 amide bonds. The molecule has 0 aliphatic heterocycles. The summed E-state index contributed by atoms with van der Waals surface area (Å²) < 4.78 is 0. The molecule has 0 aliphatic rings. The van der Waals surface area contributed by atoms with Gasteiger partial charge < -0.3 is 5.32 Å². The normalized spacial score (nSPS) is 10.5. The molecule has 1 heterocycles. The van der Waals surface area contributed by atoms with E-state index < -0.39 is 0 Å². The van der Waals surface area contributed by atoms with Gasteiger partial charge in [0.1, 0.15) is 0 Å². The maximum atomic E-state index is 4.03. The van der Waals surface area contributed by atoms with E-state index in [9.17, 15) is 0 Å². The molecule has 2 aromatic rings. The third-order valence-corrected chi connectivity index (χ3v) is 2.54. The second kappa shape index (κ2) is 5.55. The number of benzene rings is 1. The number of aromatic nitrogens is 2. The Hall–Kier alpha value is -1.74. The van der Waals surface area contributed by atoms with Crippen LogP contribution in [0.2, 0.25) is 0 Å². The average molecular weight is 227 g/mol. The van der Waals surface area contributed by atoms with Gasteiger partial charge in [-0.15, -0.1) is 0 Å². The predicted molar refractivity (Wildman–Crippen MR) is 68.5 cm³/mol. The molecule has 0 atom stereocenters. The van der Waals surface area contributed by atoms with E-state index in [1.807, 2.05) is 12.1 Å². The van der Waals surface area contributed by atoms with E-state index in [0.717, 1.165) is 18.8 Å². The van der Waals surface area contributed by atoms with E-state index in [4.69, 9.17) is 0 Å². The molecule has 3 heteroatoms. The van der Waals surface area contributed by atoms with E-state index in [0.29, 0.717) is 0 Å². The lowest BCUT2D eigenvalue weighted by molar-refractivity contribution is 0.669. The van der Waals surface area contributed by atoms with E-state index in [1.54, 1.807) is 6.20 Å². The number of nitrogens with zero attached hydrogens (tertiary/aromatic N) is 2. The maximum absolute atomic E-state index is 4.03. The van der Waals surface area contributed by atoms with E-state index in [1.165, 1.54) is 16.7 Å². The van der Waals surface area contributed by atoms with Gasteiger partial charge in [-0.2, -0.15) is 10.2 Å². The largest absolute Gasteiger partial charge is 0.307 e. The summed E-state index contributed by atoms with van der Waals surface area (Å²) in [5.41, 5.74) is 4.89. The lowest BCUT2D eigenvalue weighted by atomic mass is 10.1. The monoisotopic (exact) mass is 227 g/mol. The molecule has 0 spiro atoms. The van der Waals surface area contributed by atoms with Gasteiger partial charge in [0.2, 0.25) is 0 Å². The molecule has 0 bridgehead atoms. The number of aryl methyl sites for hydroxylation is 2. The highest BCUT2D eigenvalue weighted by Crippen LogP contribution is 2.08. The lowest BCUT2D eigenvalue weighted by Crippen LogP contribution is -2.14. The van der Waals surface area contributed by atoms with Crippen LogP contribution in [0, 0.1) is 13.8 Å². The Labute approximate surface area is 102 Å². The van der Waals surface area contributed by atoms with Crippen molar-refractivity contribution in [1.82, 2.24) is 15.5 Å². The highest BCUT2D eigenvalue weighted by Gasteiger charge is 1.97. The number of hydrogen-bond donors (Lipinski definition) is 1. The van der Waals surface area contributed by atoms with Gasteiger partial charge in [-0.3, -0.25) is 0 Å². The summed E-state index contributed by atoms with van der Waals surface area (Å²) in [4.78, 5) is 0. The molecule has 0 saturated heterocycles. The Bertz CT molecular complexity index is 460. The minimum absolute atomic E-state index is 0.751. The smallest absolute Gasteiger partial charge is 0.0769 e. The Morgan fingerprint density at radius 1 is 1.06 bits per heavy atom. The predicted octanol–water partition coefficient (Wildman–Crippen LogP) is 2.38. The van der Waals surface area contributed by atoms with E-state index >= 15 is 0 Å². The molecule has 0 saturated carbocycles. The van der Waals surface area contributed by atoms with Crippen LogP contribution in [0.25, 0.3) is 0 Å². The Balaban J connectivity index is 1.90. The standard InChI is InChI=1S/C14H17N3/c1-11-6-12(2)8-13(7-11)9-15-10-14-4-3-5-16-17-14/h3-8,15H,9-10H2,1-2H3. The van der Waals surface area contributed by atoms with Crippen LogP contribution in [0.15, 0.2) is 36.5 Å². The van der Waals surface area contributed by atoms with Gasteiger partial charge >= 0.3 is 0 Å². The van der Waals surface area contributed by atoms with Gasteiger partial charge in [-0.05, 0) is 31.5 Å². The van der Waals surface area contributed by atoms with Gasteiger partial charge in [-0.25, -0.2) is 0 Å². The fourth-order valence-corrected chi connectivity index (χ4v) is 1.93. The van der Waals surface area contributed by atoms with Crippen molar-refractivity contribution in [3.8, 4) is 0 Å². The maximum Gasteiger partial charge on any atom is 0.0769 e. The zero-order valence-electron chi connectivity index (χ0n) is 10.3. The van der Waals surface area contributed by atoms with Gasteiger partial charge in [-0.1, -0.05) is 29.3 Å². The quantitative estimate of drug-likeness (QED) is 0.871. The van der Waals surface area contributed by atoms with Crippen molar-refractivity contribution in [2.75, 3.05) is 0 Å². The van der Waals surface area contributed by atoms with Gasteiger partial charge in [0.15, 0.2) is 0 Å². The highest BCUT2D eigenvalue weighted by atomic mass is 15.1. The summed E-state index contributed by atoms with van der Waals surface area (Å²) in [7, 11) is 0. The average Bonchev–Trinajstić information content (AvgIpc) is 2.29. The number of nitrogens with one attached hydrogen (secondary N) is 1. The first-order valence-corrected chi connectivity index (χ1v) is 5.78. The fourth-order valence-electron chi connectivity index (χ4n) is 1.93. The van der Waals surface area contributed by atoms with E-state index in [-0.39, 0.29) is 0 Å². The molecular formula is C14H17N3. The van der Waals surface area contributed by atoms with Crippen molar-refractivity contribution >= 4 is 0 Å². The van der Waals surface area contributed by atoms with Crippen molar-refractivity contribution in [2.45, 2.75) is 26.9 Å². The Kier molecular flexibility index (Phi) is 3.83. The Morgan fingerprint density at radius 3 is 2.47 bits per heavy atom. The first kappa shape index (κ1) is 11.7. The van der Waals surface area contributed by atoms with Gasteiger partial charge in [0.25, 0.3) is 0 Å². The first-order chi connectivity index (χ1) is 8.24. The van der Waals surface area contributed by atoms with Gasteiger partial charge in [0, 0.05) is 19.3 Å². The zero-order valence-corrected chi connectivity index (χ0v) is 10.3. The SMILES string of the molecule is Cc1cc(C)cc(CNCc2cccnn2)c1. The lowest BCUT2D eigenvalue weighted by Gasteiger charge is -2.06. The van der Waals surface area contributed by atoms with Crippen LogP contribution < -0.4 is 5.32 Å². The van der Waals surface area contributed by atoms with Crippen molar-refractivity contribution < 1.29 is 0 Å². The molecule has 17 heavy (non-hydrogen) atoms. The second-order valence-corrected chi connectivity index (χ2v) is 4.31. The van der Waals surface area contributed by atoms with Gasteiger partial charge in [0.05, 0.1) is 5.69 Å². The molecule has 0 radical (unpaired) electrons. The molecule has 0 fully saturated rings. The molecule has 0 unspecified atom stereocenters.